The molecule has 0 radical (unpaired) electrons. The van der Waals surface area contributed by atoms with Gasteiger partial charge in [-0.05, 0) is 43.6 Å². The Morgan fingerprint density at radius 1 is 1.00 bits per heavy atom. The van der Waals surface area contributed by atoms with E-state index in [1.54, 1.807) is 0 Å². The SMILES string of the molecule is Cc1ccc(Cn2cc(CNCCCN3CCOCC3)c3ccccc32)cc1. The van der Waals surface area contributed by atoms with Crippen molar-refractivity contribution in [1.82, 2.24) is 14.8 Å². The van der Waals surface area contributed by atoms with Crippen molar-refractivity contribution in [3.63, 3.8) is 0 Å². The Balaban J connectivity index is 1.36. The second-order valence-corrected chi connectivity index (χ2v) is 7.77. The van der Waals surface area contributed by atoms with E-state index >= 15 is 0 Å². The third-order valence-corrected chi connectivity index (χ3v) is 5.59. The van der Waals surface area contributed by atoms with Crippen molar-refractivity contribution >= 4 is 10.9 Å². The maximum absolute atomic E-state index is 5.42. The maximum atomic E-state index is 5.42. The monoisotopic (exact) mass is 377 g/mol. The quantitative estimate of drug-likeness (QED) is 0.606. The third kappa shape index (κ3) is 4.82. The van der Waals surface area contributed by atoms with Crippen molar-refractivity contribution in [2.24, 2.45) is 0 Å². The fraction of sp³-hybridized carbons (Fsp3) is 0.417. The molecule has 1 N–H and O–H groups in total. The van der Waals surface area contributed by atoms with Crippen LogP contribution in [0.2, 0.25) is 0 Å². The molecule has 0 bridgehead atoms. The van der Waals surface area contributed by atoms with E-state index in [4.69, 9.17) is 4.74 Å². The number of hydrogen-bond donors (Lipinski definition) is 1. The molecule has 1 aliphatic heterocycles. The number of nitrogens with zero attached hydrogens (tertiary/aromatic N) is 2. The minimum Gasteiger partial charge on any atom is -0.379 e. The summed E-state index contributed by atoms with van der Waals surface area (Å²) in [5.74, 6) is 0. The molecule has 0 aliphatic carbocycles. The zero-order valence-corrected chi connectivity index (χ0v) is 16.9. The van der Waals surface area contributed by atoms with Crippen molar-refractivity contribution in [2.45, 2.75) is 26.4 Å². The zero-order chi connectivity index (χ0) is 19.2. The van der Waals surface area contributed by atoms with Gasteiger partial charge in [0.2, 0.25) is 0 Å². The van der Waals surface area contributed by atoms with Gasteiger partial charge < -0.3 is 14.6 Å². The van der Waals surface area contributed by atoms with Crippen LogP contribution in [-0.4, -0.2) is 48.9 Å². The van der Waals surface area contributed by atoms with Crippen LogP contribution < -0.4 is 5.32 Å². The molecule has 0 spiro atoms. The van der Waals surface area contributed by atoms with Crippen LogP contribution in [0.1, 0.15) is 23.1 Å². The van der Waals surface area contributed by atoms with Crippen molar-refractivity contribution in [3.8, 4) is 0 Å². The predicted molar refractivity (Wildman–Crippen MR) is 116 cm³/mol. The molecular weight excluding hydrogens is 346 g/mol. The topological polar surface area (TPSA) is 29.4 Å². The van der Waals surface area contributed by atoms with Crippen LogP contribution in [0.4, 0.5) is 0 Å². The van der Waals surface area contributed by atoms with E-state index in [1.807, 2.05) is 0 Å². The molecule has 3 aromatic rings. The molecule has 4 nitrogen and oxygen atoms in total. The summed E-state index contributed by atoms with van der Waals surface area (Å²) in [4.78, 5) is 2.50. The predicted octanol–water partition coefficient (Wildman–Crippen LogP) is 3.81. The fourth-order valence-electron chi connectivity index (χ4n) is 3.96. The second-order valence-electron chi connectivity index (χ2n) is 7.77. The van der Waals surface area contributed by atoms with Crippen LogP contribution in [0.5, 0.6) is 0 Å². The highest BCUT2D eigenvalue weighted by Gasteiger charge is 2.10. The highest BCUT2D eigenvalue weighted by molar-refractivity contribution is 5.84. The van der Waals surface area contributed by atoms with Gasteiger partial charge in [-0.25, -0.2) is 0 Å². The van der Waals surface area contributed by atoms with Crippen molar-refractivity contribution in [1.29, 1.82) is 0 Å². The summed E-state index contributed by atoms with van der Waals surface area (Å²) >= 11 is 0. The summed E-state index contributed by atoms with van der Waals surface area (Å²) in [5, 5.41) is 5.00. The standard InChI is InChI=1S/C24H31N3O/c1-20-7-9-21(10-8-20)18-27-19-22(23-5-2-3-6-24(23)27)17-25-11-4-12-26-13-15-28-16-14-26/h2-3,5-10,19,25H,4,11-18H2,1H3. The number of aryl methyl sites for hydroxylation is 1. The van der Waals surface area contributed by atoms with Gasteiger partial charge in [0.15, 0.2) is 0 Å². The number of ether oxygens (including phenoxy) is 1. The Kier molecular flexibility index (Phi) is 6.42. The van der Waals surface area contributed by atoms with E-state index in [1.165, 1.54) is 34.0 Å². The van der Waals surface area contributed by atoms with E-state index in [0.717, 1.165) is 52.5 Å². The first-order valence-electron chi connectivity index (χ1n) is 10.4. The summed E-state index contributed by atoms with van der Waals surface area (Å²) in [6, 6.07) is 17.6. The van der Waals surface area contributed by atoms with Gasteiger partial charge in [0, 0.05) is 43.3 Å². The zero-order valence-electron chi connectivity index (χ0n) is 16.9. The Morgan fingerprint density at radius 2 is 1.79 bits per heavy atom. The van der Waals surface area contributed by atoms with Gasteiger partial charge in [-0.3, -0.25) is 4.90 Å². The molecule has 28 heavy (non-hydrogen) atoms. The summed E-state index contributed by atoms with van der Waals surface area (Å²) in [5.41, 5.74) is 5.35. The van der Waals surface area contributed by atoms with E-state index in [9.17, 15) is 0 Å². The lowest BCUT2D eigenvalue weighted by molar-refractivity contribution is 0.0374. The van der Waals surface area contributed by atoms with E-state index in [-0.39, 0.29) is 0 Å². The number of para-hydroxylation sites is 1. The highest BCUT2D eigenvalue weighted by Crippen LogP contribution is 2.22. The molecule has 1 saturated heterocycles. The van der Waals surface area contributed by atoms with Gasteiger partial charge in [-0.1, -0.05) is 48.0 Å². The number of nitrogens with one attached hydrogen (secondary N) is 1. The first-order chi connectivity index (χ1) is 13.8. The molecule has 0 amide bonds. The molecule has 2 heterocycles. The van der Waals surface area contributed by atoms with Gasteiger partial charge in [0.05, 0.1) is 13.2 Å². The minimum atomic E-state index is 0.883. The lowest BCUT2D eigenvalue weighted by atomic mass is 10.1. The number of rotatable bonds is 8. The average molecular weight is 378 g/mol. The third-order valence-electron chi connectivity index (χ3n) is 5.59. The van der Waals surface area contributed by atoms with Gasteiger partial charge in [0.1, 0.15) is 0 Å². The lowest BCUT2D eigenvalue weighted by Crippen LogP contribution is -2.37. The van der Waals surface area contributed by atoms with Gasteiger partial charge in [-0.15, -0.1) is 0 Å². The van der Waals surface area contributed by atoms with Crippen LogP contribution in [0.25, 0.3) is 10.9 Å². The lowest BCUT2D eigenvalue weighted by Gasteiger charge is -2.26. The highest BCUT2D eigenvalue weighted by atomic mass is 16.5. The summed E-state index contributed by atoms with van der Waals surface area (Å²) < 4.78 is 7.80. The van der Waals surface area contributed by atoms with Crippen LogP contribution >= 0.6 is 0 Å². The first kappa shape index (κ1) is 19.2. The number of aromatic nitrogens is 1. The van der Waals surface area contributed by atoms with E-state index < -0.39 is 0 Å². The molecule has 148 valence electrons. The minimum absolute atomic E-state index is 0.883. The molecule has 2 aromatic carbocycles. The largest absolute Gasteiger partial charge is 0.379 e. The normalized spacial score (nSPS) is 15.3. The Labute approximate surface area is 168 Å². The van der Waals surface area contributed by atoms with E-state index in [0.29, 0.717) is 0 Å². The number of benzene rings is 2. The molecule has 1 aromatic heterocycles. The summed E-state index contributed by atoms with van der Waals surface area (Å²) in [6.07, 6.45) is 3.50. The Hall–Kier alpha value is -2.14. The molecule has 0 saturated carbocycles. The smallest absolute Gasteiger partial charge is 0.0594 e. The molecule has 4 rings (SSSR count). The fourth-order valence-corrected chi connectivity index (χ4v) is 3.96. The molecule has 1 fully saturated rings. The van der Waals surface area contributed by atoms with Crippen molar-refractivity contribution < 1.29 is 4.74 Å². The van der Waals surface area contributed by atoms with Crippen LogP contribution in [0.3, 0.4) is 0 Å². The first-order valence-corrected chi connectivity index (χ1v) is 10.4. The van der Waals surface area contributed by atoms with Crippen LogP contribution in [0.15, 0.2) is 54.7 Å². The second kappa shape index (κ2) is 9.37. The molecule has 4 heteroatoms. The average Bonchev–Trinajstić information content (AvgIpc) is 3.08. The molecule has 0 atom stereocenters. The van der Waals surface area contributed by atoms with Crippen LogP contribution in [-0.2, 0) is 17.8 Å². The number of morpholine rings is 1. The van der Waals surface area contributed by atoms with Crippen molar-refractivity contribution in [2.75, 3.05) is 39.4 Å². The number of fused-ring (bicyclic) bond motifs is 1. The summed E-state index contributed by atoms with van der Waals surface area (Å²) in [6.45, 7) is 10.1. The van der Waals surface area contributed by atoms with Crippen LogP contribution in [0, 0.1) is 6.92 Å². The van der Waals surface area contributed by atoms with Gasteiger partial charge in [0.25, 0.3) is 0 Å². The molecule has 1 aliphatic rings. The Bertz CT molecular complexity index is 879. The number of hydrogen-bond acceptors (Lipinski definition) is 3. The molecular formula is C24H31N3O. The van der Waals surface area contributed by atoms with Crippen molar-refractivity contribution in [3.05, 3.63) is 71.4 Å². The summed E-state index contributed by atoms with van der Waals surface area (Å²) in [7, 11) is 0. The van der Waals surface area contributed by atoms with Gasteiger partial charge >= 0.3 is 0 Å². The van der Waals surface area contributed by atoms with Gasteiger partial charge in [-0.2, -0.15) is 0 Å². The maximum Gasteiger partial charge on any atom is 0.0594 e. The Morgan fingerprint density at radius 3 is 2.61 bits per heavy atom. The van der Waals surface area contributed by atoms with E-state index in [2.05, 4.69) is 76.4 Å². The molecule has 0 unspecified atom stereocenters.